The highest BCUT2D eigenvalue weighted by Crippen LogP contribution is 2.22. The average Bonchev–Trinajstić information content (AvgIpc) is 2.66. The van der Waals surface area contributed by atoms with Gasteiger partial charge in [0.05, 0.1) is 12.7 Å². The first-order chi connectivity index (χ1) is 12.8. The highest BCUT2D eigenvalue weighted by atomic mass is 16.5. The molecule has 0 saturated heterocycles. The van der Waals surface area contributed by atoms with Crippen molar-refractivity contribution >= 4 is 23.5 Å². The molecule has 0 radical (unpaired) electrons. The zero-order valence-corrected chi connectivity index (χ0v) is 14.8. The lowest BCUT2D eigenvalue weighted by Gasteiger charge is -2.23. The number of carboxylic acid groups (broad SMARTS) is 2. The Hall–Kier alpha value is -3.39. The number of hydrogen-bond donors (Lipinski definition) is 3. The number of carbonyl (C=O) groups excluding carboxylic acids is 1. The van der Waals surface area contributed by atoms with Gasteiger partial charge in [-0.1, -0.05) is 24.3 Å². The third kappa shape index (κ3) is 4.24. The highest BCUT2D eigenvalue weighted by molar-refractivity contribution is 6.06. The zero-order valence-electron chi connectivity index (χ0n) is 14.8. The lowest BCUT2D eigenvalue weighted by atomic mass is 9.94. The van der Waals surface area contributed by atoms with Crippen LogP contribution < -0.4 is 10.1 Å². The lowest BCUT2D eigenvalue weighted by molar-refractivity contribution is -0.179. The minimum Gasteiger partial charge on any atom is -0.496 e. The number of rotatable bonds is 8. The van der Waals surface area contributed by atoms with E-state index in [0.29, 0.717) is 22.6 Å². The summed E-state index contributed by atoms with van der Waals surface area (Å²) < 4.78 is 9.91. The van der Waals surface area contributed by atoms with Gasteiger partial charge >= 0.3 is 11.9 Å². The van der Waals surface area contributed by atoms with Crippen LogP contribution in [0.15, 0.2) is 48.5 Å². The summed E-state index contributed by atoms with van der Waals surface area (Å²) in [5.41, 5.74) is -1.12. The van der Waals surface area contributed by atoms with Gasteiger partial charge in [-0.25, -0.2) is 9.59 Å². The van der Waals surface area contributed by atoms with Crippen molar-refractivity contribution in [3.63, 3.8) is 0 Å². The maximum atomic E-state index is 12.4. The molecule has 0 unspecified atom stereocenters. The minimum absolute atomic E-state index is 0.360. The van der Waals surface area contributed by atoms with Crippen molar-refractivity contribution < 1.29 is 34.1 Å². The van der Waals surface area contributed by atoms with Gasteiger partial charge in [-0.05, 0) is 29.8 Å². The second kappa shape index (κ2) is 8.33. The molecule has 2 rings (SSSR count). The van der Waals surface area contributed by atoms with Crippen LogP contribution in [0.5, 0.6) is 5.75 Å². The van der Waals surface area contributed by atoms with E-state index in [1.807, 2.05) is 0 Å². The number of carbonyl (C=O) groups is 3. The fraction of sp³-hybridized carbons (Fsp3) is 0.211. The second-order valence-corrected chi connectivity index (χ2v) is 5.67. The molecular weight excluding hydrogens is 354 g/mol. The Labute approximate surface area is 155 Å². The maximum Gasteiger partial charge on any atom is 0.348 e. The molecule has 0 aliphatic heterocycles. The number of benzene rings is 2. The van der Waals surface area contributed by atoms with Gasteiger partial charge in [0.25, 0.3) is 11.5 Å². The molecule has 2 aromatic rings. The standard InChI is InChI=1S/C19H19NO7/c1-26-15-6-4-3-5-14(15)16(21)20-13-9-7-12(8-10-13)11-19(27-2,17(22)23)18(24)25/h3-10H,11H2,1-2H3,(H,20,21)(H,22,23)(H,24,25). The molecule has 0 heterocycles. The van der Waals surface area contributed by atoms with Crippen LogP contribution in [0.3, 0.4) is 0 Å². The van der Waals surface area contributed by atoms with E-state index in [4.69, 9.17) is 9.47 Å². The van der Waals surface area contributed by atoms with E-state index in [2.05, 4.69) is 5.32 Å². The number of para-hydroxylation sites is 1. The summed E-state index contributed by atoms with van der Waals surface area (Å²) in [5, 5.41) is 21.2. The summed E-state index contributed by atoms with van der Waals surface area (Å²) in [4.78, 5) is 35.1. The first-order valence-electron chi connectivity index (χ1n) is 7.89. The zero-order chi connectivity index (χ0) is 20.0. The first kappa shape index (κ1) is 19.9. The van der Waals surface area contributed by atoms with Gasteiger partial charge in [0.15, 0.2) is 0 Å². The van der Waals surface area contributed by atoms with Crippen molar-refractivity contribution in [2.45, 2.75) is 12.0 Å². The molecule has 142 valence electrons. The van der Waals surface area contributed by atoms with E-state index >= 15 is 0 Å². The molecule has 0 atom stereocenters. The summed E-state index contributed by atoms with van der Waals surface area (Å²) in [5.74, 6) is -3.13. The Balaban J connectivity index is 2.16. The molecule has 27 heavy (non-hydrogen) atoms. The number of methoxy groups -OCH3 is 2. The van der Waals surface area contributed by atoms with Crippen LogP contribution in [0.4, 0.5) is 5.69 Å². The molecule has 0 aliphatic rings. The molecule has 0 aliphatic carbocycles. The molecule has 3 N–H and O–H groups in total. The number of amides is 1. The highest BCUT2D eigenvalue weighted by Gasteiger charge is 2.47. The van der Waals surface area contributed by atoms with E-state index < -0.39 is 17.5 Å². The minimum atomic E-state index is -2.37. The topological polar surface area (TPSA) is 122 Å². The normalized spacial score (nSPS) is 10.9. The average molecular weight is 373 g/mol. The molecule has 8 nitrogen and oxygen atoms in total. The summed E-state index contributed by atoms with van der Waals surface area (Å²) in [6, 6.07) is 12.9. The van der Waals surface area contributed by atoms with Crippen LogP contribution >= 0.6 is 0 Å². The molecule has 0 fully saturated rings. The Morgan fingerprint density at radius 2 is 1.56 bits per heavy atom. The van der Waals surface area contributed by atoms with E-state index in [1.54, 1.807) is 36.4 Å². The van der Waals surface area contributed by atoms with E-state index in [9.17, 15) is 24.6 Å². The van der Waals surface area contributed by atoms with Gasteiger partial charge in [-0.15, -0.1) is 0 Å². The number of carboxylic acids is 2. The largest absolute Gasteiger partial charge is 0.496 e. The van der Waals surface area contributed by atoms with Gasteiger partial charge in [0.2, 0.25) is 0 Å². The maximum absolute atomic E-state index is 12.4. The quantitative estimate of drug-likeness (QED) is 0.605. The molecule has 0 saturated carbocycles. The summed E-state index contributed by atoms with van der Waals surface area (Å²) in [6.45, 7) is 0. The molecule has 8 heteroatoms. The monoisotopic (exact) mass is 373 g/mol. The third-order valence-electron chi connectivity index (χ3n) is 4.06. The molecule has 2 aromatic carbocycles. The molecular formula is C19H19NO7. The van der Waals surface area contributed by atoms with Crippen molar-refractivity contribution in [3.8, 4) is 5.75 Å². The first-order valence-corrected chi connectivity index (χ1v) is 7.89. The van der Waals surface area contributed by atoms with Crippen molar-refractivity contribution in [3.05, 3.63) is 59.7 Å². The van der Waals surface area contributed by atoms with Gasteiger partial charge in [-0.3, -0.25) is 4.79 Å². The lowest BCUT2D eigenvalue weighted by Crippen LogP contribution is -2.50. The fourth-order valence-electron chi connectivity index (χ4n) is 2.51. The fourth-order valence-corrected chi connectivity index (χ4v) is 2.51. The van der Waals surface area contributed by atoms with Gasteiger partial charge in [0, 0.05) is 19.2 Å². The summed E-state index contributed by atoms with van der Waals surface area (Å²) >= 11 is 0. The van der Waals surface area contributed by atoms with Gasteiger partial charge < -0.3 is 25.0 Å². The third-order valence-corrected chi connectivity index (χ3v) is 4.06. The number of nitrogens with one attached hydrogen (secondary N) is 1. The molecule has 0 spiro atoms. The van der Waals surface area contributed by atoms with Gasteiger partial charge in [0.1, 0.15) is 5.75 Å². The van der Waals surface area contributed by atoms with Crippen LogP contribution in [0.1, 0.15) is 15.9 Å². The Morgan fingerprint density at radius 3 is 2.07 bits per heavy atom. The summed E-state index contributed by atoms with van der Waals surface area (Å²) in [6.07, 6.45) is -0.366. The van der Waals surface area contributed by atoms with Gasteiger partial charge in [-0.2, -0.15) is 0 Å². The van der Waals surface area contributed by atoms with Crippen molar-refractivity contribution in [2.24, 2.45) is 0 Å². The smallest absolute Gasteiger partial charge is 0.348 e. The van der Waals surface area contributed by atoms with E-state index in [1.165, 1.54) is 19.2 Å². The van der Waals surface area contributed by atoms with Crippen LogP contribution in [0.2, 0.25) is 0 Å². The number of ether oxygens (including phenoxy) is 2. The number of anilines is 1. The summed E-state index contributed by atoms with van der Waals surface area (Å²) in [7, 11) is 2.50. The molecule has 0 aromatic heterocycles. The molecule has 0 bridgehead atoms. The van der Waals surface area contributed by atoms with Crippen LogP contribution in [-0.2, 0) is 20.7 Å². The number of hydrogen-bond acceptors (Lipinski definition) is 5. The van der Waals surface area contributed by atoms with E-state index in [0.717, 1.165) is 7.11 Å². The van der Waals surface area contributed by atoms with Crippen LogP contribution in [0, 0.1) is 0 Å². The predicted molar refractivity (Wildman–Crippen MR) is 96.1 cm³/mol. The van der Waals surface area contributed by atoms with Crippen molar-refractivity contribution in [1.29, 1.82) is 0 Å². The Morgan fingerprint density at radius 1 is 0.963 bits per heavy atom. The van der Waals surface area contributed by atoms with Crippen molar-refractivity contribution in [1.82, 2.24) is 0 Å². The molecule has 1 amide bonds. The Kier molecular flexibility index (Phi) is 6.15. The Bertz CT molecular complexity index is 831. The van der Waals surface area contributed by atoms with Crippen molar-refractivity contribution in [2.75, 3.05) is 19.5 Å². The predicted octanol–water partition coefficient (Wildman–Crippen LogP) is 2.04. The number of aliphatic carboxylic acids is 2. The SMILES string of the molecule is COc1ccccc1C(=O)Nc1ccc(CC(OC)(C(=O)O)C(=O)O)cc1. The van der Waals surface area contributed by atoms with E-state index in [-0.39, 0.29) is 12.3 Å². The van der Waals surface area contributed by atoms with Crippen LogP contribution in [-0.4, -0.2) is 47.9 Å². The second-order valence-electron chi connectivity index (χ2n) is 5.67. The van der Waals surface area contributed by atoms with Crippen LogP contribution in [0.25, 0.3) is 0 Å².